The molecule has 0 saturated heterocycles. The lowest BCUT2D eigenvalue weighted by atomic mass is 10.2. The van der Waals surface area contributed by atoms with Crippen LogP contribution in [-0.4, -0.2) is 45.5 Å². The summed E-state index contributed by atoms with van der Waals surface area (Å²) in [6.07, 6.45) is 2.53. The maximum absolute atomic E-state index is 11.9. The van der Waals surface area contributed by atoms with Crippen molar-refractivity contribution in [3.8, 4) is 0 Å². The number of aliphatic hydroxyl groups is 1. The van der Waals surface area contributed by atoms with E-state index in [0.717, 1.165) is 17.1 Å². The first kappa shape index (κ1) is 16.3. The van der Waals surface area contributed by atoms with Crippen LogP contribution < -0.4 is 5.32 Å². The summed E-state index contributed by atoms with van der Waals surface area (Å²) in [7, 11) is 0. The average Bonchev–Trinajstić information content (AvgIpc) is 2.57. The van der Waals surface area contributed by atoms with Gasteiger partial charge in [0.05, 0.1) is 16.4 Å². The molecule has 0 spiro atoms. The summed E-state index contributed by atoms with van der Waals surface area (Å²) in [5.74, 6) is 0.666. The number of hydrogen-bond donors (Lipinski definition) is 2. The standard InChI is InChI=1S/C12H20ClN3O2S/c1-8-12(13)9(2)16(15-8)6-11(18)14-10(4-5-17)7-19-3/h10,17H,4-7H2,1-3H3,(H,14,18). The second kappa shape index (κ2) is 7.77. The number of carbonyl (C=O) groups is 1. The van der Waals surface area contributed by atoms with Crippen molar-refractivity contribution in [1.29, 1.82) is 0 Å². The summed E-state index contributed by atoms with van der Waals surface area (Å²) in [6.45, 7) is 3.86. The molecule has 0 aliphatic carbocycles. The number of amides is 1. The van der Waals surface area contributed by atoms with E-state index >= 15 is 0 Å². The highest BCUT2D eigenvalue weighted by atomic mass is 35.5. The topological polar surface area (TPSA) is 67.2 Å². The largest absolute Gasteiger partial charge is 0.396 e. The predicted octanol–water partition coefficient (Wildman–Crippen LogP) is 1.38. The molecule has 0 radical (unpaired) electrons. The lowest BCUT2D eigenvalue weighted by Crippen LogP contribution is -2.39. The third-order valence-corrected chi connectivity index (χ3v) is 4.08. The Balaban J connectivity index is 2.60. The molecule has 7 heteroatoms. The van der Waals surface area contributed by atoms with Crippen molar-refractivity contribution >= 4 is 29.3 Å². The number of nitrogens with zero attached hydrogens (tertiary/aromatic N) is 2. The van der Waals surface area contributed by atoms with Crippen LogP contribution >= 0.6 is 23.4 Å². The molecular weight excluding hydrogens is 286 g/mol. The van der Waals surface area contributed by atoms with E-state index in [-0.39, 0.29) is 25.1 Å². The van der Waals surface area contributed by atoms with Crippen LogP contribution in [0.4, 0.5) is 0 Å². The first-order valence-electron chi connectivity index (χ1n) is 6.08. The van der Waals surface area contributed by atoms with E-state index in [1.54, 1.807) is 16.4 Å². The van der Waals surface area contributed by atoms with Gasteiger partial charge in [-0.1, -0.05) is 11.6 Å². The molecule has 2 N–H and O–H groups in total. The van der Waals surface area contributed by atoms with Gasteiger partial charge in [-0.25, -0.2) is 0 Å². The summed E-state index contributed by atoms with van der Waals surface area (Å²) >= 11 is 7.67. The third-order valence-electron chi connectivity index (χ3n) is 2.80. The number of aryl methyl sites for hydroxylation is 1. The normalized spacial score (nSPS) is 12.5. The minimum atomic E-state index is -0.116. The van der Waals surface area contributed by atoms with Crippen LogP contribution in [0, 0.1) is 13.8 Å². The van der Waals surface area contributed by atoms with Crippen LogP contribution in [0.25, 0.3) is 0 Å². The quantitative estimate of drug-likeness (QED) is 0.799. The van der Waals surface area contributed by atoms with Gasteiger partial charge in [-0.2, -0.15) is 16.9 Å². The summed E-state index contributed by atoms with van der Waals surface area (Å²) < 4.78 is 1.60. The molecule has 0 aliphatic rings. The van der Waals surface area contributed by atoms with Crippen LogP contribution in [0.5, 0.6) is 0 Å². The second-order valence-electron chi connectivity index (χ2n) is 4.37. The van der Waals surface area contributed by atoms with Crippen LogP contribution in [0.2, 0.25) is 5.02 Å². The summed E-state index contributed by atoms with van der Waals surface area (Å²) in [4.78, 5) is 11.9. The van der Waals surface area contributed by atoms with Crippen LogP contribution in [0.3, 0.4) is 0 Å². The number of halogens is 1. The van der Waals surface area contributed by atoms with E-state index < -0.39 is 0 Å². The summed E-state index contributed by atoms with van der Waals surface area (Å²) in [6, 6.07) is -0.0139. The summed E-state index contributed by atoms with van der Waals surface area (Å²) in [5.41, 5.74) is 1.51. The lowest BCUT2D eigenvalue weighted by molar-refractivity contribution is -0.122. The van der Waals surface area contributed by atoms with E-state index in [9.17, 15) is 4.79 Å². The Morgan fingerprint density at radius 3 is 2.74 bits per heavy atom. The fourth-order valence-corrected chi connectivity index (χ4v) is 2.58. The number of rotatable bonds is 7. The molecule has 1 unspecified atom stereocenters. The molecule has 5 nitrogen and oxygen atoms in total. The molecule has 0 aromatic carbocycles. The molecule has 19 heavy (non-hydrogen) atoms. The van der Waals surface area contributed by atoms with Crippen molar-refractivity contribution in [1.82, 2.24) is 15.1 Å². The monoisotopic (exact) mass is 305 g/mol. The molecule has 1 rings (SSSR count). The van der Waals surface area contributed by atoms with E-state index in [1.807, 2.05) is 20.1 Å². The Kier molecular flexibility index (Phi) is 6.68. The van der Waals surface area contributed by atoms with Crippen molar-refractivity contribution in [3.63, 3.8) is 0 Å². The maximum Gasteiger partial charge on any atom is 0.241 e. The Hall–Kier alpha value is -0.720. The van der Waals surface area contributed by atoms with Gasteiger partial charge in [0, 0.05) is 18.4 Å². The van der Waals surface area contributed by atoms with Crippen LogP contribution in [0.1, 0.15) is 17.8 Å². The zero-order valence-electron chi connectivity index (χ0n) is 11.4. The van der Waals surface area contributed by atoms with Crippen molar-refractivity contribution in [2.45, 2.75) is 32.9 Å². The van der Waals surface area contributed by atoms with Gasteiger partial charge >= 0.3 is 0 Å². The van der Waals surface area contributed by atoms with Gasteiger partial charge in [0.25, 0.3) is 0 Å². The Morgan fingerprint density at radius 1 is 1.58 bits per heavy atom. The fraction of sp³-hybridized carbons (Fsp3) is 0.667. The highest BCUT2D eigenvalue weighted by Gasteiger charge is 2.15. The fourth-order valence-electron chi connectivity index (χ4n) is 1.79. The predicted molar refractivity (Wildman–Crippen MR) is 78.7 cm³/mol. The molecule has 1 atom stereocenters. The molecule has 0 aliphatic heterocycles. The maximum atomic E-state index is 11.9. The van der Waals surface area contributed by atoms with Gasteiger partial charge in [0.15, 0.2) is 0 Å². The van der Waals surface area contributed by atoms with Gasteiger partial charge in [-0.3, -0.25) is 9.48 Å². The van der Waals surface area contributed by atoms with Gasteiger partial charge < -0.3 is 10.4 Å². The SMILES string of the molecule is CSCC(CCO)NC(=O)Cn1nc(C)c(Cl)c1C. The first-order chi connectivity index (χ1) is 8.99. The number of thioether (sulfide) groups is 1. The minimum absolute atomic E-state index is 0.0139. The second-order valence-corrected chi connectivity index (χ2v) is 5.66. The molecule has 108 valence electrons. The van der Waals surface area contributed by atoms with Gasteiger partial charge in [-0.15, -0.1) is 0 Å². The van der Waals surface area contributed by atoms with Crippen molar-refractivity contribution in [2.75, 3.05) is 18.6 Å². The highest BCUT2D eigenvalue weighted by molar-refractivity contribution is 7.98. The number of nitrogens with one attached hydrogen (secondary N) is 1. The van der Waals surface area contributed by atoms with E-state index in [0.29, 0.717) is 11.4 Å². The van der Waals surface area contributed by atoms with E-state index in [1.165, 1.54) is 0 Å². The molecule has 0 bridgehead atoms. The van der Waals surface area contributed by atoms with Gasteiger partial charge in [-0.05, 0) is 26.5 Å². The third kappa shape index (κ3) is 4.71. The van der Waals surface area contributed by atoms with Crippen molar-refractivity contribution in [2.24, 2.45) is 0 Å². The zero-order chi connectivity index (χ0) is 14.4. The molecule has 0 fully saturated rings. The van der Waals surface area contributed by atoms with E-state index in [4.69, 9.17) is 16.7 Å². The molecule has 1 amide bonds. The minimum Gasteiger partial charge on any atom is -0.396 e. The van der Waals surface area contributed by atoms with Crippen LogP contribution in [0.15, 0.2) is 0 Å². The van der Waals surface area contributed by atoms with E-state index in [2.05, 4.69) is 10.4 Å². The molecular formula is C12H20ClN3O2S. The molecule has 0 saturated carbocycles. The van der Waals surface area contributed by atoms with Gasteiger partial charge in [0.2, 0.25) is 5.91 Å². The van der Waals surface area contributed by atoms with Crippen LogP contribution in [-0.2, 0) is 11.3 Å². The van der Waals surface area contributed by atoms with Crippen molar-refractivity contribution < 1.29 is 9.90 Å². The van der Waals surface area contributed by atoms with Gasteiger partial charge in [0.1, 0.15) is 6.54 Å². The average molecular weight is 306 g/mol. The number of aliphatic hydroxyl groups excluding tert-OH is 1. The first-order valence-corrected chi connectivity index (χ1v) is 7.85. The summed E-state index contributed by atoms with van der Waals surface area (Å²) in [5, 5.41) is 16.7. The number of carbonyl (C=O) groups excluding carboxylic acids is 1. The Labute approximate surface area is 122 Å². The Bertz CT molecular complexity index is 431. The number of aromatic nitrogens is 2. The van der Waals surface area contributed by atoms with Crippen molar-refractivity contribution in [3.05, 3.63) is 16.4 Å². The lowest BCUT2D eigenvalue weighted by Gasteiger charge is -2.16. The zero-order valence-corrected chi connectivity index (χ0v) is 13.0. The molecule has 1 aromatic heterocycles. The highest BCUT2D eigenvalue weighted by Crippen LogP contribution is 2.18. The molecule has 1 heterocycles. The number of hydrogen-bond acceptors (Lipinski definition) is 4. The Morgan fingerprint density at radius 2 is 2.26 bits per heavy atom. The molecule has 1 aromatic rings. The smallest absolute Gasteiger partial charge is 0.241 e.